The maximum absolute atomic E-state index is 4.96. The van der Waals surface area contributed by atoms with Crippen LogP contribution in [0.25, 0.3) is 6.20 Å². The van der Waals surface area contributed by atoms with Crippen molar-refractivity contribution in [3.63, 3.8) is 0 Å². The summed E-state index contributed by atoms with van der Waals surface area (Å²) in [5.41, 5.74) is 2.58. The van der Waals surface area contributed by atoms with Crippen molar-refractivity contribution in [1.82, 2.24) is 14.3 Å². The highest BCUT2D eigenvalue weighted by Gasteiger charge is 1.89. The smallest absolute Gasteiger partial charge is 0.202 e. The molecule has 52 valence electrons. The van der Waals surface area contributed by atoms with E-state index in [2.05, 4.69) is 17.4 Å². The van der Waals surface area contributed by atoms with Gasteiger partial charge < -0.3 is 4.57 Å². The molecule has 0 atom stereocenters. The first-order valence-corrected chi connectivity index (χ1v) is 3.12. The van der Waals surface area contributed by atoms with Crippen molar-refractivity contribution in [2.75, 3.05) is 0 Å². The molecule has 0 radical (unpaired) electrons. The van der Waals surface area contributed by atoms with Gasteiger partial charge in [-0.2, -0.15) is 5.10 Å². The van der Waals surface area contributed by atoms with E-state index < -0.39 is 0 Å². The summed E-state index contributed by atoms with van der Waals surface area (Å²) in [6.07, 6.45) is 3.22. The molecule has 1 aromatic rings. The Labute approximate surface area is 63.9 Å². The van der Waals surface area contributed by atoms with Gasteiger partial charge in [0.2, 0.25) is 4.77 Å². The van der Waals surface area contributed by atoms with Gasteiger partial charge in [-0.3, -0.25) is 0 Å². The molecule has 0 bridgehead atoms. The van der Waals surface area contributed by atoms with Crippen LogP contribution in [0.5, 0.6) is 0 Å². The Morgan fingerprint density at radius 3 is 3.00 bits per heavy atom. The van der Waals surface area contributed by atoms with Gasteiger partial charge >= 0.3 is 0 Å². The van der Waals surface area contributed by atoms with E-state index in [-0.39, 0.29) is 0 Å². The summed E-state index contributed by atoms with van der Waals surface area (Å²) in [6, 6.07) is 0. The number of aromatic nitrogens is 3. The monoisotopic (exact) mass is 153 g/mol. The van der Waals surface area contributed by atoms with Crippen molar-refractivity contribution in [1.29, 1.82) is 0 Å². The molecule has 0 aliphatic rings. The third kappa shape index (κ3) is 1.07. The van der Waals surface area contributed by atoms with E-state index in [4.69, 9.17) is 12.2 Å². The summed E-state index contributed by atoms with van der Waals surface area (Å²) in [5.74, 6) is 0. The van der Waals surface area contributed by atoms with Crippen LogP contribution in [-0.4, -0.2) is 14.3 Å². The Morgan fingerprint density at radius 2 is 2.60 bits per heavy atom. The first kappa shape index (κ1) is 6.99. The van der Waals surface area contributed by atoms with Crippen molar-refractivity contribution < 1.29 is 0 Å². The predicted octanol–water partition coefficient (Wildman–Crippen LogP) is 1.21. The van der Waals surface area contributed by atoms with Gasteiger partial charge in [0, 0.05) is 7.05 Å². The summed E-state index contributed by atoms with van der Waals surface area (Å²) in [5, 5.41) is 3.92. The average molecular weight is 153 g/mol. The summed E-state index contributed by atoms with van der Waals surface area (Å²) in [7, 11) is 1.84. The molecule has 1 heterocycles. The number of hydrogen-bond donors (Lipinski definition) is 0. The number of nitrogens with zero attached hydrogens (tertiary/aromatic N) is 3. The minimum atomic E-state index is 0.635. The van der Waals surface area contributed by atoms with Crippen LogP contribution in [0.4, 0.5) is 0 Å². The van der Waals surface area contributed by atoms with Gasteiger partial charge in [0.1, 0.15) is 6.33 Å². The molecule has 1 aromatic heterocycles. The summed E-state index contributed by atoms with van der Waals surface area (Å²) in [6.45, 7) is 3.41. The molecule has 0 aliphatic heterocycles. The predicted molar refractivity (Wildman–Crippen MR) is 41.9 cm³/mol. The van der Waals surface area contributed by atoms with Gasteiger partial charge in [-0.1, -0.05) is 6.58 Å². The second kappa shape index (κ2) is 2.64. The molecule has 3 nitrogen and oxygen atoms in total. The SMILES string of the molecule is C=C=Cn1ncn(C)c1=S. The quantitative estimate of drug-likeness (QED) is 0.447. The maximum atomic E-state index is 4.96. The van der Waals surface area contributed by atoms with Gasteiger partial charge in [-0.15, -0.1) is 5.73 Å². The van der Waals surface area contributed by atoms with E-state index in [9.17, 15) is 0 Å². The van der Waals surface area contributed by atoms with E-state index in [1.807, 2.05) is 7.05 Å². The molecular formula is C6H7N3S. The Bertz CT molecular complexity index is 327. The molecule has 0 aliphatic carbocycles. The standard InChI is InChI=1S/C6H7N3S/c1-3-4-9-6(10)8(2)5-7-9/h4-5H,1H2,2H3. The van der Waals surface area contributed by atoms with Crippen LogP contribution in [-0.2, 0) is 7.05 Å². The van der Waals surface area contributed by atoms with Crippen molar-refractivity contribution >= 4 is 18.4 Å². The van der Waals surface area contributed by atoms with Crippen LogP contribution in [0.2, 0.25) is 0 Å². The molecule has 0 aromatic carbocycles. The minimum Gasteiger partial charge on any atom is -0.309 e. The third-order valence-corrected chi connectivity index (χ3v) is 1.54. The molecule has 10 heavy (non-hydrogen) atoms. The lowest BCUT2D eigenvalue weighted by atomic mass is 10.9. The van der Waals surface area contributed by atoms with Gasteiger partial charge in [-0.25, -0.2) is 4.68 Å². The summed E-state index contributed by atoms with van der Waals surface area (Å²) >= 11 is 4.96. The molecule has 0 saturated heterocycles. The number of hydrogen-bond acceptors (Lipinski definition) is 2. The highest BCUT2D eigenvalue weighted by atomic mass is 32.1. The molecule has 0 amide bonds. The lowest BCUT2D eigenvalue weighted by molar-refractivity contribution is 0.867. The van der Waals surface area contributed by atoms with Crippen molar-refractivity contribution in [3.05, 3.63) is 23.4 Å². The molecular weight excluding hydrogens is 146 g/mol. The van der Waals surface area contributed by atoms with Crippen molar-refractivity contribution in [2.45, 2.75) is 0 Å². The second-order valence-electron chi connectivity index (χ2n) is 1.80. The molecule has 0 N–H and O–H groups in total. The lowest BCUT2D eigenvalue weighted by Gasteiger charge is -1.85. The molecule has 0 fully saturated rings. The van der Waals surface area contributed by atoms with Crippen LogP contribution in [0.3, 0.4) is 0 Å². The average Bonchev–Trinajstić information content (AvgIpc) is 2.20. The van der Waals surface area contributed by atoms with Crippen LogP contribution in [0, 0.1) is 4.77 Å². The Kier molecular flexibility index (Phi) is 1.85. The molecule has 1 rings (SSSR count). The van der Waals surface area contributed by atoms with Crippen molar-refractivity contribution in [2.24, 2.45) is 7.05 Å². The van der Waals surface area contributed by atoms with Gasteiger partial charge in [-0.05, 0) is 12.2 Å². The first-order chi connectivity index (χ1) is 4.75. The number of rotatable bonds is 1. The Balaban J connectivity index is 3.31. The zero-order valence-electron chi connectivity index (χ0n) is 5.61. The van der Waals surface area contributed by atoms with E-state index >= 15 is 0 Å². The third-order valence-electron chi connectivity index (χ3n) is 1.06. The Hall–Kier alpha value is -1.12. The molecule has 0 spiro atoms. The van der Waals surface area contributed by atoms with E-state index in [0.29, 0.717) is 4.77 Å². The summed E-state index contributed by atoms with van der Waals surface area (Å²) in [4.78, 5) is 0. The van der Waals surface area contributed by atoms with E-state index in [1.54, 1.807) is 17.1 Å². The van der Waals surface area contributed by atoms with Crippen LogP contribution in [0.15, 0.2) is 18.6 Å². The van der Waals surface area contributed by atoms with Crippen LogP contribution < -0.4 is 0 Å². The first-order valence-electron chi connectivity index (χ1n) is 2.72. The Morgan fingerprint density at radius 1 is 1.90 bits per heavy atom. The largest absolute Gasteiger partial charge is 0.309 e. The van der Waals surface area contributed by atoms with Crippen LogP contribution >= 0.6 is 12.2 Å². The van der Waals surface area contributed by atoms with Crippen molar-refractivity contribution in [3.8, 4) is 0 Å². The van der Waals surface area contributed by atoms with Gasteiger partial charge in [0.25, 0.3) is 0 Å². The minimum absolute atomic E-state index is 0.635. The molecule has 0 unspecified atom stereocenters. The molecule has 0 saturated carbocycles. The van der Waals surface area contributed by atoms with E-state index in [0.717, 1.165) is 0 Å². The fraction of sp³-hybridized carbons (Fsp3) is 0.167. The highest BCUT2D eigenvalue weighted by Crippen LogP contribution is 1.88. The number of aryl methyl sites for hydroxylation is 1. The summed E-state index contributed by atoms with van der Waals surface area (Å²) < 4.78 is 3.90. The van der Waals surface area contributed by atoms with Gasteiger partial charge in [0.15, 0.2) is 0 Å². The zero-order chi connectivity index (χ0) is 7.56. The fourth-order valence-electron chi connectivity index (χ4n) is 0.569. The normalized spacial score (nSPS) is 8.90. The second-order valence-corrected chi connectivity index (χ2v) is 2.17. The van der Waals surface area contributed by atoms with Gasteiger partial charge in [0.05, 0.1) is 6.20 Å². The fourth-order valence-corrected chi connectivity index (χ4v) is 0.715. The highest BCUT2D eigenvalue weighted by molar-refractivity contribution is 7.71. The topological polar surface area (TPSA) is 22.8 Å². The molecule has 4 heteroatoms. The lowest BCUT2D eigenvalue weighted by Crippen LogP contribution is -1.89. The van der Waals surface area contributed by atoms with E-state index in [1.165, 1.54) is 4.68 Å². The van der Waals surface area contributed by atoms with Crippen LogP contribution in [0.1, 0.15) is 0 Å². The zero-order valence-corrected chi connectivity index (χ0v) is 6.43. The maximum Gasteiger partial charge on any atom is 0.202 e.